The van der Waals surface area contributed by atoms with Crippen LogP contribution in [-0.2, 0) is 4.79 Å². The molecule has 0 N–H and O–H groups in total. The Labute approximate surface area is 54.8 Å². The molecule has 0 aliphatic carbocycles. The Morgan fingerprint density at radius 3 is 2.50 bits per heavy atom. The minimum atomic E-state index is 0.282. The van der Waals surface area contributed by atoms with Gasteiger partial charge in [-0.25, -0.2) is 0 Å². The lowest BCUT2D eigenvalue weighted by Gasteiger charge is -2.01. The molecule has 0 saturated carbocycles. The highest BCUT2D eigenvalue weighted by atomic mass is 32.2. The minimum Gasteiger partial charge on any atom is -0.303 e. The van der Waals surface area contributed by atoms with Crippen LogP contribution in [-0.4, -0.2) is 18.3 Å². The summed E-state index contributed by atoms with van der Waals surface area (Å²) >= 11 is 1.73. The van der Waals surface area contributed by atoms with E-state index in [4.69, 9.17) is 0 Å². The molecular weight excluding hydrogens is 120 g/mol. The molecule has 0 fully saturated rings. The first kappa shape index (κ1) is 8.02. The lowest BCUT2D eigenvalue weighted by Crippen LogP contribution is -2.02. The zero-order valence-corrected chi connectivity index (χ0v) is 6.20. The van der Waals surface area contributed by atoms with Gasteiger partial charge in [0.15, 0.2) is 0 Å². The third-order valence-electron chi connectivity index (χ3n) is 1.10. The first-order valence-corrected chi connectivity index (χ1v) is 4.18. The summed E-state index contributed by atoms with van der Waals surface area (Å²) < 4.78 is 0. The van der Waals surface area contributed by atoms with E-state index in [0.29, 0.717) is 0 Å². The highest BCUT2D eigenvalue weighted by molar-refractivity contribution is 7.98. The van der Waals surface area contributed by atoms with Gasteiger partial charge >= 0.3 is 0 Å². The summed E-state index contributed by atoms with van der Waals surface area (Å²) in [4.78, 5) is 10.1. The maximum Gasteiger partial charge on any atom is 0.123 e. The molecule has 1 nitrogen and oxygen atoms in total. The number of carbonyl (C=O) groups excluding carboxylic acids is 1. The van der Waals surface area contributed by atoms with Gasteiger partial charge in [-0.1, -0.05) is 6.92 Å². The Balaban J connectivity index is 3.21. The summed E-state index contributed by atoms with van der Waals surface area (Å²) in [6.45, 7) is 2.04. The van der Waals surface area contributed by atoms with E-state index in [1.54, 1.807) is 11.8 Å². The number of thioether (sulfide) groups is 1. The van der Waals surface area contributed by atoms with Gasteiger partial charge in [0.05, 0.1) is 0 Å². The Bertz CT molecular complexity index is 63.5. The Morgan fingerprint density at radius 2 is 2.38 bits per heavy atom. The fraction of sp³-hybridized carbons (Fsp3) is 0.833. The van der Waals surface area contributed by atoms with Crippen molar-refractivity contribution >= 4 is 18.0 Å². The van der Waals surface area contributed by atoms with Gasteiger partial charge in [0.1, 0.15) is 6.29 Å². The average Bonchev–Trinajstić information content (AvgIpc) is 1.83. The number of hydrogen-bond acceptors (Lipinski definition) is 2. The SMILES string of the molecule is CCC(C=O)CSC. The van der Waals surface area contributed by atoms with Crippen molar-refractivity contribution in [2.75, 3.05) is 12.0 Å². The van der Waals surface area contributed by atoms with Crippen LogP contribution >= 0.6 is 11.8 Å². The summed E-state index contributed by atoms with van der Waals surface area (Å²) in [5.74, 6) is 1.25. The predicted molar refractivity (Wildman–Crippen MR) is 38.2 cm³/mol. The summed E-state index contributed by atoms with van der Waals surface area (Å²) in [5.41, 5.74) is 0. The molecule has 0 heterocycles. The molecule has 0 aromatic rings. The molecule has 1 atom stereocenters. The topological polar surface area (TPSA) is 17.1 Å². The number of rotatable bonds is 4. The number of hydrogen-bond donors (Lipinski definition) is 0. The molecule has 48 valence electrons. The van der Waals surface area contributed by atoms with Gasteiger partial charge in [-0.05, 0) is 12.7 Å². The molecule has 0 aromatic heterocycles. The summed E-state index contributed by atoms with van der Waals surface area (Å²) in [6, 6.07) is 0. The second-order valence-corrected chi connectivity index (χ2v) is 2.67. The van der Waals surface area contributed by atoms with Crippen LogP contribution in [0.1, 0.15) is 13.3 Å². The maximum absolute atomic E-state index is 10.1. The quantitative estimate of drug-likeness (QED) is 0.540. The van der Waals surface area contributed by atoms with E-state index in [1.807, 2.05) is 13.2 Å². The van der Waals surface area contributed by atoms with Crippen molar-refractivity contribution < 1.29 is 4.79 Å². The first-order valence-electron chi connectivity index (χ1n) is 2.79. The zero-order valence-electron chi connectivity index (χ0n) is 5.39. The number of aldehydes is 1. The smallest absolute Gasteiger partial charge is 0.123 e. The van der Waals surface area contributed by atoms with E-state index >= 15 is 0 Å². The van der Waals surface area contributed by atoms with Gasteiger partial charge in [0, 0.05) is 11.7 Å². The van der Waals surface area contributed by atoms with E-state index in [2.05, 4.69) is 0 Å². The van der Waals surface area contributed by atoms with Crippen LogP contribution in [0.2, 0.25) is 0 Å². The molecule has 8 heavy (non-hydrogen) atoms. The van der Waals surface area contributed by atoms with E-state index in [1.165, 1.54) is 0 Å². The first-order chi connectivity index (χ1) is 3.85. The molecule has 0 bridgehead atoms. The van der Waals surface area contributed by atoms with Crippen LogP contribution in [0.25, 0.3) is 0 Å². The molecule has 0 aromatic carbocycles. The molecular formula is C6H12OS. The molecule has 0 amide bonds. The lowest BCUT2D eigenvalue weighted by molar-refractivity contribution is -0.110. The Morgan fingerprint density at radius 1 is 1.75 bits per heavy atom. The van der Waals surface area contributed by atoms with Gasteiger partial charge < -0.3 is 4.79 Å². The third kappa shape index (κ3) is 3.08. The Kier molecular flexibility index (Phi) is 5.18. The predicted octanol–water partition coefficient (Wildman–Crippen LogP) is 1.57. The van der Waals surface area contributed by atoms with Crippen molar-refractivity contribution in [3.05, 3.63) is 0 Å². The second kappa shape index (κ2) is 5.16. The van der Waals surface area contributed by atoms with Gasteiger partial charge in [0.2, 0.25) is 0 Å². The molecule has 0 radical (unpaired) electrons. The summed E-state index contributed by atoms with van der Waals surface area (Å²) in [5, 5.41) is 0. The third-order valence-corrected chi connectivity index (χ3v) is 1.86. The lowest BCUT2D eigenvalue weighted by atomic mass is 10.1. The largest absolute Gasteiger partial charge is 0.303 e. The molecule has 0 rings (SSSR count). The van der Waals surface area contributed by atoms with Crippen molar-refractivity contribution in [1.82, 2.24) is 0 Å². The molecule has 1 unspecified atom stereocenters. The highest BCUT2D eigenvalue weighted by Gasteiger charge is 2.00. The van der Waals surface area contributed by atoms with Crippen LogP contribution in [0, 0.1) is 5.92 Å². The van der Waals surface area contributed by atoms with E-state index < -0.39 is 0 Å². The molecule has 0 saturated heterocycles. The molecule has 0 spiro atoms. The van der Waals surface area contributed by atoms with E-state index in [9.17, 15) is 4.79 Å². The van der Waals surface area contributed by atoms with Crippen LogP contribution in [0.15, 0.2) is 0 Å². The minimum absolute atomic E-state index is 0.282. The van der Waals surface area contributed by atoms with Gasteiger partial charge in [0.25, 0.3) is 0 Å². The molecule has 2 heteroatoms. The molecule has 0 aliphatic rings. The maximum atomic E-state index is 10.1. The fourth-order valence-corrected chi connectivity index (χ4v) is 1.21. The van der Waals surface area contributed by atoms with Crippen molar-refractivity contribution in [2.45, 2.75) is 13.3 Å². The van der Waals surface area contributed by atoms with E-state index in [0.717, 1.165) is 18.5 Å². The zero-order chi connectivity index (χ0) is 6.41. The van der Waals surface area contributed by atoms with Crippen molar-refractivity contribution in [3.63, 3.8) is 0 Å². The van der Waals surface area contributed by atoms with Gasteiger partial charge in [-0.15, -0.1) is 0 Å². The summed E-state index contributed by atoms with van der Waals surface area (Å²) in [6.07, 6.45) is 4.03. The van der Waals surface area contributed by atoms with Crippen LogP contribution in [0.5, 0.6) is 0 Å². The normalized spacial score (nSPS) is 13.2. The van der Waals surface area contributed by atoms with Crippen molar-refractivity contribution in [2.24, 2.45) is 5.92 Å². The standard InChI is InChI=1S/C6H12OS/c1-3-6(4-7)5-8-2/h4,6H,3,5H2,1-2H3. The van der Waals surface area contributed by atoms with Gasteiger partial charge in [-0.2, -0.15) is 11.8 Å². The second-order valence-electron chi connectivity index (χ2n) is 1.76. The van der Waals surface area contributed by atoms with Crippen LogP contribution < -0.4 is 0 Å². The van der Waals surface area contributed by atoms with Crippen LogP contribution in [0.4, 0.5) is 0 Å². The number of carbonyl (C=O) groups is 1. The Hall–Kier alpha value is 0.0200. The van der Waals surface area contributed by atoms with E-state index in [-0.39, 0.29) is 5.92 Å². The molecule has 0 aliphatic heterocycles. The van der Waals surface area contributed by atoms with Crippen LogP contribution in [0.3, 0.4) is 0 Å². The average molecular weight is 132 g/mol. The summed E-state index contributed by atoms with van der Waals surface area (Å²) in [7, 11) is 0. The van der Waals surface area contributed by atoms with Crippen molar-refractivity contribution in [3.8, 4) is 0 Å². The highest BCUT2D eigenvalue weighted by Crippen LogP contribution is 2.05. The fourth-order valence-electron chi connectivity index (χ4n) is 0.467. The van der Waals surface area contributed by atoms with Gasteiger partial charge in [-0.3, -0.25) is 0 Å². The van der Waals surface area contributed by atoms with Crippen molar-refractivity contribution in [1.29, 1.82) is 0 Å². The monoisotopic (exact) mass is 132 g/mol.